The fourth-order valence-electron chi connectivity index (χ4n) is 4.45. The molecule has 3 nitrogen and oxygen atoms in total. The quantitative estimate of drug-likeness (QED) is 0.732. The Balaban J connectivity index is 1.49. The topological polar surface area (TPSA) is 27.7 Å². The van der Waals surface area contributed by atoms with Crippen molar-refractivity contribution < 1.29 is 14.2 Å². The van der Waals surface area contributed by atoms with Crippen LogP contribution in [-0.4, -0.2) is 25.6 Å². The van der Waals surface area contributed by atoms with Crippen molar-refractivity contribution in [2.45, 2.75) is 43.3 Å². The third kappa shape index (κ3) is 1.68. The number of rotatable bonds is 0. The van der Waals surface area contributed by atoms with Crippen molar-refractivity contribution in [3.63, 3.8) is 0 Å². The minimum absolute atomic E-state index is 0.177. The summed E-state index contributed by atoms with van der Waals surface area (Å²) in [5, 5.41) is 0. The maximum Gasteiger partial charge on any atom is 0.168 e. The Morgan fingerprint density at radius 1 is 0.905 bits per heavy atom. The maximum atomic E-state index is 5.88. The molecule has 110 valence electrons. The second-order valence-corrected chi connectivity index (χ2v) is 6.74. The lowest BCUT2D eigenvalue weighted by molar-refractivity contribution is -0.182. The SMILES string of the molecule is C1=CC2(CCC3(CC2)OCCO3)c2cc3c(cc21)CCO3. The van der Waals surface area contributed by atoms with Crippen molar-refractivity contribution in [3.05, 3.63) is 34.9 Å². The molecular weight excluding hydrogens is 264 g/mol. The lowest BCUT2D eigenvalue weighted by Gasteiger charge is -2.41. The highest BCUT2D eigenvalue weighted by Gasteiger charge is 2.47. The first-order chi connectivity index (χ1) is 10.3. The molecule has 1 aromatic carbocycles. The highest BCUT2D eigenvalue weighted by molar-refractivity contribution is 5.68. The molecule has 5 rings (SSSR count). The van der Waals surface area contributed by atoms with Crippen LogP contribution in [0.1, 0.15) is 42.4 Å². The van der Waals surface area contributed by atoms with Crippen LogP contribution in [0.2, 0.25) is 0 Å². The molecule has 0 unspecified atom stereocenters. The average Bonchev–Trinajstić information content (AvgIpc) is 3.21. The van der Waals surface area contributed by atoms with E-state index in [1.54, 1.807) is 0 Å². The molecule has 1 aromatic rings. The van der Waals surface area contributed by atoms with Gasteiger partial charge in [0, 0.05) is 24.7 Å². The van der Waals surface area contributed by atoms with Crippen LogP contribution in [-0.2, 0) is 21.3 Å². The van der Waals surface area contributed by atoms with E-state index >= 15 is 0 Å². The summed E-state index contributed by atoms with van der Waals surface area (Å²) in [4.78, 5) is 0. The van der Waals surface area contributed by atoms with Crippen molar-refractivity contribution in [1.29, 1.82) is 0 Å². The van der Waals surface area contributed by atoms with Gasteiger partial charge in [0.1, 0.15) is 5.75 Å². The number of allylic oxidation sites excluding steroid dienone is 1. The van der Waals surface area contributed by atoms with E-state index in [0.29, 0.717) is 0 Å². The monoisotopic (exact) mass is 284 g/mol. The van der Waals surface area contributed by atoms with Crippen molar-refractivity contribution in [3.8, 4) is 5.75 Å². The van der Waals surface area contributed by atoms with Crippen LogP contribution < -0.4 is 4.74 Å². The van der Waals surface area contributed by atoms with Crippen LogP contribution >= 0.6 is 0 Å². The molecular formula is C18H20O3. The zero-order chi connectivity index (χ0) is 13.9. The van der Waals surface area contributed by atoms with E-state index in [4.69, 9.17) is 14.2 Å². The van der Waals surface area contributed by atoms with Gasteiger partial charge in [0.2, 0.25) is 0 Å². The molecule has 0 amide bonds. The second kappa shape index (κ2) is 4.11. The van der Waals surface area contributed by atoms with Crippen LogP contribution in [0.15, 0.2) is 18.2 Å². The largest absolute Gasteiger partial charge is 0.493 e. The predicted molar refractivity (Wildman–Crippen MR) is 79.5 cm³/mol. The molecule has 0 bridgehead atoms. The Hall–Kier alpha value is -1.32. The van der Waals surface area contributed by atoms with Crippen LogP contribution in [0.25, 0.3) is 6.08 Å². The lowest BCUT2D eigenvalue weighted by Crippen LogP contribution is -2.40. The number of ether oxygens (including phenoxy) is 3. The van der Waals surface area contributed by atoms with Crippen LogP contribution in [0.4, 0.5) is 0 Å². The van der Waals surface area contributed by atoms with E-state index in [-0.39, 0.29) is 11.2 Å². The smallest absolute Gasteiger partial charge is 0.168 e. The first-order valence-corrected chi connectivity index (χ1v) is 8.06. The van der Waals surface area contributed by atoms with Gasteiger partial charge >= 0.3 is 0 Å². The van der Waals surface area contributed by atoms with E-state index < -0.39 is 0 Å². The van der Waals surface area contributed by atoms with Gasteiger partial charge in [-0.15, -0.1) is 0 Å². The molecule has 2 aliphatic heterocycles. The first-order valence-electron chi connectivity index (χ1n) is 8.06. The van der Waals surface area contributed by atoms with Gasteiger partial charge in [-0.2, -0.15) is 0 Å². The average molecular weight is 284 g/mol. The summed E-state index contributed by atoms with van der Waals surface area (Å²) in [6, 6.07) is 4.63. The predicted octanol–water partition coefficient (Wildman–Crippen LogP) is 3.20. The van der Waals surface area contributed by atoms with Crippen LogP contribution in [0, 0.1) is 0 Å². The molecule has 0 radical (unpaired) electrons. The fourth-order valence-corrected chi connectivity index (χ4v) is 4.45. The molecule has 0 aromatic heterocycles. The van der Waals surface area contributed by atoms with Crippen molar-refractivity contribution >= 4 is 6.08 Å². The minimum atomic E-state index is -0.283. The molecule has 2 fully saturated rings. The molecule has 1 saturated carbocycles. The van der Waals surface area contributed by atoms with E-state index in [1.807, 2.05) is 0 Å². The molecule has 1 saturated heterocycles. The molecule has 2 heterocycles. The number of hydrogen-bond acceptors (Lipinski definition) is 3. The van der Waals surface area contributed by atoms with Gasteiger partial charge in [-0.3, -0.25) is 0 Å². The third-order valence-electron chi connectivity index (χ3n) is 5.70. The Morgan fingerprint density at radius 2 is 1.71 bits per heavy atom. The number of benzene rings is 1. The van der Waals surface area contributed by atoms with Gasteiger partial charge in [-0.25, -0.2) is 0 Å². The van der Waals surface area contributed by atoms with Crippen molar-refractivity contribution in [1.82, 2.24) is 0 Å². The molecule has 21 heavy (non-hydrogen) atoms. The van der Waals surface area contributed by atoms with Crippen molar-refractivity contribution in [2.75, 3.05) is 19.8 Å². The molecule has 2 spiro atoms. The molecule has 0 atom stereocenters. The van der Waals surface area contributed by atoms with Crippen molar-refractivity contribution in [2.24, 2.45) is 0 Å². The van der Waals surface area contributed by atoms with E-state index in [2.05, 4.69) is 24.3 Å². The Bertz CT molecular complexity index is 616. The molecule has 4 aliphatic rings. The van der Waals surface area contributed by atoms with E-state index in [9.17, 15) is 0 Å². The summed E-state index contributed by atoms with van der Waals surface area (Å²) in [7, 11) is 0. The standard InChI is InChI=1S/C18H20O3/c1-3-17(4-6-18(7-5-17)20-9-10-21-18)15-12-16-14(2-8-19-16)11-13(1)15/h1,3,11-12H,2,4-10H2. The number of fused-ring (bicyclic) bond motifs is 3. The summed E-state index contributed by atoms with van der Waals surface area (Å²) in [6.45, 7) is 2.33. The third-order valence-corrected chi connectivity index (χ3v) is 5.70. The Labute approximate surface area is 124 Å². The van der Waals surface area contributed by atoms with Gasteiger partial charge in [-0.05, 0) is 41.7 Å². The first kappa shape index (κ1) is 12.2. The van der Waals surface area contributed by atoms with Gasteiger partial charge in [-0.1, -0.05) is 12.2 Å². The molecule has 3 heteroatoms. The molecule has 0 N–H and O–H groups in total. The Morgan fingerprint density at radius 3 is 2.52 bits per heavy atom. The summed E-state index contributed by atoms with van der Waals surface area (Å²) < 4.78 is 17.5. The summed E-state index contributed by atoms with van der Waals surface area (Å²) in [5.74, 6) is 0.820. The Kier molecular flexibility index (Phi) is 2.40. The summed E-state index contributed by atoms with van der Waals surface area (Å²) >= 11 is 0. The number of hydrogen-bond donors (Lipinski definition) is 0. The summed E-state index contributed by atoms with van der Waals surface area (Å²) in [5.41, 5.74) is 4.39. The fraction of sp³-hybridized carbons (Fsp3) is 0.556. The zero-order valence-corrected chi connectivity index (χ0v) is 12.2. The normalized spacial score (nSPS) is 27.0. The minimum Gasteiger partial charge on any atom is -0.493 e. The van der Waals surface area contributed by atoms with Gasteiger partial charge in [0.25, 0.3) is 0 Å². The van der Waals surface area contributed by atoms with Gasteiger partial charge in [0.15, 0.2) is 5.79 Å². The maximum absolute atomic E-state index is 5.88. The van der Waals surface area contributed by atoms with E-state index in [1.165, 1.54) is 16.7 Å². The van der Waals surface area contributed by atoms with E-state index in [0.717, 1.165) is 57.7 Å². The van der Waals surface area contributed by atoms with Gasteiger partial charge in [0.05, 0.1) is 19.8 Å². The van der Waals surface area contributed by atoms with Gasteiger partial charge < -0.3 is 14.2 Å². The highest BCUT2D eigenvalue weighted by atomic mass is 16.7. The van der Waals surface area contributed by atoms with Crippen LogP contribution in [0.5, 0.6) is 5.75 Å². The van der Waals surface area contributed by atoms with Crippen LogP contribution in [0.3, 0.4) is 0 Å². The highest BCUT2D eigenvalue weighted by Crippen LogP contribution is 2.52. The molecule has 2 aliphatic carbocycles. The second-order valence-electron chi connectivity index (χ2n) is 6.74. The lowest BCUT2D eigenvalue weighted by atomic mass is 9.69. The summed E-state index contributed by atoms with van der Waals surface area (Å²) in [6.07, 6.45) is 9.97. The zero-order valence-electron chi connectivity index (χ0n) is 12.2.